The Balaban J connectivity index is 2.09. The zero-order valence-electron chi connectivity index (χ0n) is 15.9. The fourth-order valence-electron chi connectivity index (χ4n) is 2.90. The fraction of sp³-hybridized carbons (Fsp3) is 0.611. The van der Waals surface area contributed by atoms with Crippen LogP contribution in [0.4, 0.5) is 5.69 Å². The lowest BCUT2D eigenvalue weighted by Crippen LogP contribution is -2.30. The summed E-state index contributed by atoms with van der Waals surface area (Å²) in [6, 6.07) is 4.99. The first-order valence-corrected chi connectivity index (χ1v) is 9.30. The zero-order valence-corrected chi connectivity index (χ0v) is 15.9. The van der Waals surface area contributed by atoms with E-state index in [4.69, 9.17) is 0 Å². The van der Waals surface area contributed by atoms with Crippen LogP contribution in [0, 0.1) is 17.0 Å². The van der Waals surface area contributed by atoms with E-state index in [0.29, 0.717) is 17.9 Å². The number of rotatable bonds is 11. The Hall–Kier alpha value is -2.35. The van der Waals surface area contributed by atoms with Gasteiger partial charge in [-0.3, -0.25) is 10.1 Å². The second kappa shape index (κ2) is 9.96. The summed E-state index contributed by atoms with van der Waals surface area (Å²) in [5.41, 5.74) is 1.51. The predicted octanol–water partition coefficient (Wildman–Crippen LogP) is 3.46. The smallest absolute Gasteiger partial charge is 0.272 e. The third-order valence-electron chi connectivity index (χ3n) is 4.47. The number of hydrogen-bond acceptors (Lipinski definition) is 6. The maximum atomic E-state index is 11.0. The molecule has 0 unspecified atom stereocenters. The molecular weight excluding hydrogens is 332 g/mol. The van der Waals surface area contributed by atoms with Crippen molar-refractivity contribution in [3.05, 3.63) is 33.9 Å². The van der Waals surface area contributed by atoms with E-state index in [1.165, 1.54) is 31.7 Å². The molecule has 1 aromatic heterocycles. The summed E-state index contributed by atoms with van der Waals surface area (Å²) in [6.45, 7) is 9.90. The Morgan fingerprint density at radius 3 is 2.42 bits per heavy atom. The molecule has 0 saturated carbocycles. The van der Waals surface area contributed by atoms with Gasteiger partial charge in [0.25, 0.3) is 5.69 Å². The Morgan fingerprint density at radius 1 is 1.15 bits per heavy atom. The number of nitro groups is 1. The molecule has 0 atom stereocenters. The molecular formula is C18H28N6O2. The average Bonchev–Trinajstić information content (AvgIpc) is 3.09. The molecule has 8 nitrogen and oxygen atoms in total. The van der Waals surface area contributed by atoms with Gasteiger partial charge in [-0.05, 0) is 55.4 Å². The van der Waals surface area contributed by atoms with E-state index >= 15 is 0 Å². The number of nitro benzene ring substituents is 1. The van der Waals surface area contributed by atoms with Crippen molar-refractivity contribution in [3.63, 3.8) is 0 Å². The Labute approximate surface area is 154 Å². The minimum Gasteiger partial charge on any atom is -0.301 e. The van der Waals surface area contributed by atoms with Crippen molar-refractivity contribution < 1.29 is 4.92 Å². The van der Waals surface area contributed by atoms with Crippen molar-refractivity contribution in [1.82, 2.24) is 25.1 Å². The van der Waals surface area contributed by atoms with Gasteiger partial charge in [-0.15, -0.1) is 5.10 Å². The molecule has 0 bridgehead atoms. The van der Waals surface area contributed by atoms with Crippen molar-refractivity contribution in [1.29, 1.82) is 0 Å². The van der Waals surface area contributed by atoms with E-state index in [1.807, 2.05) is 0 Å². The molecule has 1 heterocycles. The van der Waals surface area contributed by atoms with E-state index in [2.05, 4.69) is 34.3 Å². The standard InChI is InChI=1S/C18H28N6O2/c1-4-6-10-22(11-7-5-2)12-13-23-18(19-20-21-23)16-8-9-17(24(25)26)15(3)14-16/h8-9,14H,4-7,10-13H2,1-3H3. The lowest BCUT2D eigenvalue weighted by Gasteiger charge is -2.21. The van der Waals surface area contributed by atoms with Gasteiger partial charge in [-0.1, -0.05) is 26.7 Å². The molecule has 8 heteroatoms. The number of aromatic nitrogens is 4. The number of aryl methyl sites for hydroxylation is 1. The van der Waals surface area contributed by atoms with Crippen molar-refractivity contribution >= 4 is 5.69 Å². The lowest BCUT2D eigenvalue weighted by molar-refractivity contribution is -0.385. The highest BCUT2D eigenvalue weighted by molar-refractivity contribution is 5.59. The topological polar surface area (TPSA) is 90.0 Å². The molecule has 0 N–H and O–H groups in total. The quantitative estimate of drug-likeness (QED) is 0.450. The van der Waals surface area contributed by atoms with Gasteiger partial charge in [0.2, 0.25) is 0 Å². The summed E-state index contributed by atoms with van der Waals surface area (Å²) in [7, 11) is 0. The van der Waals surface area contributed by atoms with Crippen molar-refractivity contribution in [2.75, 3.05) is 19.6 Å². The Morgan fingerprint density at radius 2 is 1.85 bits per heavy atom. The van der Waals surface area contributed by atoms with Crippen LogP contribution in [0.2, 0.25) is 0 Å². The first-order chi connectivity index (χ1) is 12.6. The van der Waals surface area contributed by atoms with Crippen LogP contribution in [0.5, 0.6) is 0 Å². The third-order valence-corrected chi connectivity index (χ3v) is 4.47. The number of benzene rings is 1. The van der Waals surface area contributed by atoms with E-state index in [0.717, 1.165) is 25.2 Å². The molecule has 0 radical (unpaired) electrons. The largest absolute Gasteiger partial charge is 0.301 e. The normalized spacial score (nSPS) is 11.2. The summed E-state index contributed by atoms with van der Waals surface area (Å²) < 4.78 is 1.78. The van der Waals surface area contributed by atoms with Crippen LogP contribution in [0.1, 0.15) is 45.1 Å². The van der Waals surface area contributed by atoms with Crippen molar-refractivity contribution in [2.45, 2.75) is 53.0 Å². The summed E-state index contributed by atoms with van der Waals surface area (Å²) in [4.78, 5) is 13.1. The molecule has 0 aliphatic rings. The SMILES string of the molecule is CCCCN(CCCC)CCn1nnnc1-c1ccc([N+](=O)[O-])c(C)c1. The molecule has 142 valence electrons. The van der Waals surface area contributed by atoms with Crippen molar-refractivity contribution in [2.24, 2.45) is 0 Å². The number of nitrogens with zero attached hydrogens (tertiary/aromatic N) is 6. The molecule has 26 heavy (non-hydrogen) atoms. The van der Waals surface area contributed by atoms with Gasteiger partial charge in [0, 0.05) is 23.7 Å². The van der Waals surface area contributed by atoms with Crippen LogP contribution in [-0.4, -0.2) is 49.7 Å². The first-order valence-electron chi connectivity index (χ1n) is 9.30. The Bertz CT molecular complexity index is 707. The zero-order chi connectivity index (χ0) is 18.9. The molecule has 0 amide bonds. The van der Waals surface area contributed by atoms with Crippen LogP contribution >= 0.6 is 0 Å². The summed E-state index contributed by atoms with van der Waals surface area (Å²) in [5.74, 6) is 0.647. The highest BCUT2D eigenvalue weighted by Gasteiger charge is 2.15. The van der Waals surface area contributed by atoms with Gasteiger partial charge in [-0.25, -0.2) is 4.68 Å². The molecule has 0 aliphatic carbocycles. The van der Waals surface area contributed by atoms with Crippen LogP contribution in [0.25, 0.3) is 11.4 Å². The minimum absolute atomic E-state index is 0.109. The Kier molecular flexibility index (Phi) is 7.65. The molecule has 1 aromatic carbocycles. The predicted molar refractivity (Wildman–Crippen MR) is 101 cm³/mol. The minimum atomic E-state index is -0.374. The second-order valence-corrected chi connectivity index (χ2v) is 6.53. The van der Waals surface area contributed by atoms with E-state index < -0.39 is 0 Å². The molecule has 0 fully saturated rings. The second-order valence-electron chi connectivity index (χ2n) is 6.53. The van der Waals surface area contributed by atoms with Gasteiger partial charge < -0.3 is 4.90 Å². The number of tetrazole rings is 1. The fourth-order valence-corrected chi connectivity index (χ4v) is 2.90. The molecule has 2 rings (SSSR count). The van der Waals surface area contributed by atoms with Gasteiger partial charge in [0.1, 0.15) is 0 Å². The van der Waals surface area contributed by atoms with E-state index in [-0.39, 0.29) is 10.6 Å². The summed E-state index contributed by atoms with van der Waals surface area (Å²) in [5, 5.41) is 23.0. The van der Waals surface area contributed by atoms with E-state index in [9.17, 15) is 10.1 Å². The number of hydrogen-bond donors (Lipinski definition) is 0. The van der Waals surface area contributed by atoms with Gasteiger partial charge in [-0.2, -0.15) is 0 Å². The first kappa shape index (κ1) is 20.0. The van der Waals surface area contributed by atoms with Crippen LogP contribution in [-0.2, 0) is 6.54 Å². The summed E-state index contributed by atoms with van der Waals surface area (Å²) >= 11 is 0. The maximum Gasteiger partial charge on any atom is 0.272 e. The third kappa shape index (κ3) is 5.32. The lowest BCUT2D eigenvalue weighted by atomic mass is 10.1. The van der Waals surface area contributed by atoms with Gasteiger partial charge in [0.15, 0.2) is 5.82 Å². The van der Waals surface area contributed by atoms with Gasteiger partial charge in [0.05, 0.1) is 11.5 Å². The maximum absolute atomic E-state index is 11.0. The molecule has 0 saturated heterocycles. The monoisotopic (exact) mass is 360 g/mol. The highest BCUT2D eigenvalue weighted by atomic mass is 16.6. The highest BCUT2D eigenvalue weighted by Crippen LogP contribution is 2.24. The van der Waals surface area contributed by atoms with Crippen LogP contribution < -0.4 is 0 Å². The molecule has 0 spiro atoms. The summed E-state index contributed by atoms with van der Waals surface area (Å²) in [6.07, 6.45) is 4.74. The van der Waals surface area contributed by atoms with E-state index in [1.54, 1.807) is 23.7 Å². The van der Waals surface area contributed by atoms with Crippen molar-refractivity contribution in [3.8, 4) is 11.4 Å². The molecule has 2 aromatic rings. The van der Waals surface area contributed by atoms with Crippen LogP contribution in [0.15, 0.2) is 18.2 Å². The number of unbranched alkanes of at least 4 members (excludes halogenated alkanes) is 2. The van der Waals surface area contributed by atoms with Crippen LogP contribution in [0.3, 0.4) is 0 Å². The van der Waals surface area contributed by atoms with Gasteiger partial charge >= 0.3 is 0 Å². The molecule has 0 aliphatic heterocycles. The average molecular weight is 360 g/mol.